The summed E-state index contributed by atoms with van der Waals surface area (Å²) in [6, 6.07) is 6.52. The number of rotatable bonds is 8. The second-order valence-electron chi connectivity index (χ2n) is 5.55. The Hall–Kier alpha value is -1.62. The van der Waals surface area contributed by atoms with Crippen molar-refractivity contribution < 1.29 is 14.3 Å². The Labute approximate surface area is 125 Å². The van der Waals surface area contributed by atoms with E-state index in [0.29, 0.717) is 18.8 Å². The zero-order valence-corrected chi connectivity index (χ0v) is 12.6. The van der Waals surface area contributed by atoms with E-state index < -0.39 is 11.5 Å². The third-order valence-electron chi connectivity index (χ3n) is 4.16. The molecule has 0 spiro atoms. The van der Waals surface area contributed by atoms with E-state index in [1.54, 1.807) is 18.2 Å². The van der Waals surface area contributed by atoms with Crippen LogP contribution in [0.3, 0.4) is 0 Å². The van der Waals surface area contributed by atoms with Gasteiger partial charge in [0.2, 0.25) is 0 Å². The molecule has 1 aliphatic rings. The molecule has 1 fully saturated rings. The number of carboxylic acid groups (broad SMARTS) is 1. The highest BCUT2D eigenvalue weighted by Crippen LogP contribution is 2.41. The zero-order chi connectivity index (χ0) is 15.5. The Morgan fingerprint density at radius 2 is 2.10 bits per heavy atom. The van der Waals surface area contributed by atoms with Crippen LogP contribution in [0.4, 0.5) is 10.1 Å². The van der Waals surface area contributed by atoms with Crippen molar-refractivity contribution in [3.05, 3.63) is 30.1 Å². The first kappa shape index (κ1) is 15.8. The van der Waals surface area contributed by atoms with Crippen LogP contribution in [0.25, 0.3) is 0 Å². The van der Waals surface area contributed by atoms with E-state index in [1.807, 2.05) is 18.7 Å². The predicted octanol–water partition coefficient (Wildman–Crippen LogP) is 2.49. The first-order chi connectivity index (χ1) is 10.0. The van der Waals surface area contributed by atoms with Gasteiger partial charge in [0.15, 0.2) is 0 Å². The highest BCUT2D eigenvalue weighted by atomic mass is 19.1. The first-order valence-electron chi connectivity index (χ1n) is 7.53. The lowest BCUT2D eigenvalue weighted by molar-refractivity contribution is -0.145. The van der Waals surface area contributed by atoms with Gasteiger partial charge in [-0.25, -0.2) is 4.39 Å². The quantitative estimate of drug-likeness (QED) is 0.773. The van der Waals surface area contributed by atoms with Crippen molar-refractivity contribution in [1.29, 1.82) is 0 Å². The summed E-state index contributed by atoms with van der Waals surface area (Å²) in [6.07, 6.45) is 1.82. The van der Waals surface area contributed by atoms with E-state index in [1.165, 1.54) is 6.07 Å². The molecule has 0 aromatic heterocycles. The monoisotopic (exact) mass is 294 g/mol. The molecule has 1 unspecified atom stereocenters. The number of para-hydroxylation sites is 1. The van der Waals surface area contributed by atoms with Gasteiger partial charge in [0.05, 0.1) is 5.69 Å². The van der Waals surface area contributed by atoms with Gasteiger partial charge in [0, 0.05) is 13.1 Å². The smallest absolute Gasteiger partial charge is 0.326 e. The van der Waals surface area contributed by atoms with Crippen LogP contribution >= 0.6 is 0 Å². The van der Waals surface area contributed by atoms with Crippen LogP contribution in [0, 0.1) is 11.7 Å². The van der Waals surface area contributed by atoms with E-state index in [-0.39, 0.29) is 18.3 Å². The topological polar surface area (TPSA) is 52.6 Å². The Balaban J connectivity index is 2.29. The molecule has 0 amide bonds. The van der Waals surface area contributed by atoms with E-state index in [0.717, 1.165) is 12.8 Å². The van der Waals surface area contributed by atoms with Gasteiger partial charge < -0.3 is 15.3 Å². The second kappa shape index (κ2) is 6.43. The van der Waals surface area contributed by atoms with Crippen LogP contribution in [-0.2, 0) is 4.79 Å². The fourth-order valence-corrected chi connectivity index (χ4v) is 2.92. The molecular weight excluding hydrogens is 271 g/mol. The van der Waals surface area contributed by atoms with Gasteiger partial charge in [-0.2, -0.15) is 0 Å². The summed E-state index contributed by atoms with van der Waals surface area (Å²) in [5.41, 5.74) is -0.531. The molecule has 1 aliphatic carbocycles. The maximum absolute atomic E-state index is 14.0. The van der Waals surface area contributed by atoms with Crippen LogP contribution in [0.15, 0.2) is 24.3 Å². The van der Waals surface area contributed by atoms with Gasteiger partial charge in [-0.3, -0.25) is 4.79 Å². The molecule has 21 heavy (non-hydrogen) atoms. The molecular formula is C16H23FN2O2. The number of nitrogens with zero attached hydrogens (tertiary/aromatic N) is 1. The van der Waals surface area contributed by atoms with Crippen LogP contribution < -0.4 is 10.2 Å². The number of aliphatic carboxylic acids is 1. The van der Waals surface area contributed by atoms with Crippen molar-refractivity contribution in [2.45, 2.75) is 32.2 Å². The van der Waals surface area contributed by atoms with Crippen LogP contribution in [0.2, 0.25) is 0 Å². The molecule has 0 aliphatic heterocycles. The molecule has 1 atom stereocenters. The van der Waals surface area contributed by atoms with E-state index >= 15 is 0 Å². The normalized spacial score (nSPS) is 17.3. The molecule has 0 bridgehead atoms. The molecule has 1 saturated carbocycles. The summed E-state index contributed by atoms with van der Waals surface area (Å²) in [4.78, 5) is 13.7. The van der Waals surface area contributed by atoms with Gasteiger partial charge >= 0.3 is 5.97 Å². The number of benzene rings is 1. The fraction of sp³-hybridized carbons (Fsp3) is 0.562. The number of anilines is 1. The van der Waals surface area contributed by atoms with E-state index in [9.17, 15) is 14.3 Å². The van der Waals surface area contributed by atoms with Crippen LogP contribution in [-0.4, -0.2) is 36.2 Å². The summed E-state index contributed by atoms with van der Waals surface area (Å²) >= 11 is 0. The Kier molecular flexibility index (Phi) is 4.83. The third kappa shape index (κ3) is 3.18. The number of carbonyl (C=O) groups is 1. The van der Waals surface area contributed by atoms with Crippen molar-refractivity contribution in [3.63, 3.8) is 0 Å². The number of halogens is 1. The second-order valence-corrected chi connectivity index (χ2v) is 5.55. The zero-order valence-electron chi connectivity index (χ0n) is 12.6. The summed E-state index contributed by atoms with van der Waals surface area (Å²) < 4.78 is 14.0. The standard InChI is InChI=1S/C16H23FN2O2/c1-3-18-16(15(20)21,12-9-10-12)11-19(4-2)14-8-6-5-7-13(14)17/h5-8,12,18H,3-4,9-11H2,1-2H3,(H,20,21). The lowest BCUT2D eigenvalue weighted by Crippen LogP contribution is -2.61. The van der Waals surface area contributed by atoms with E-state index in [4.69, 9.17) is 0 Å². The number of nitrogens with one attached hydrogen (secondary N) is 1. The Morgan fingerprint density at radius 3 is 2.57 bits per heavy atom. The van der Waals surface area contributed by atoms with Gasteiger partial charge in [-0.05, 0) is 44.4 Å². The summed E-state index contributed by atoms with van der Waals surface area (Å²) in [5.74, 6) is -1.04. The van der Waals surface area contributed by atoms with Crippen LogP contribution in [0.1, 0.15) is 26.7 Å². The van der Waals surface area contributed by atoms with Gasteiger partial charge in [0.25, 0.3) is 0 Å². The third-order valence-corrected chi connectivity index (χ3v) is 4.16. The summed E-state index contributed by atoms with van der Waals surface area (Å²) in [5, 5.41) is 12.9. The molecule has 4 nitrogen and oxygen atoms in total. The average molecular weight is 294 g/mol. The molecule has 5 heteroatoms. The van der Waals surface area contributed by atoms with E-state index in [2.05, 4.69) is 5.32 Å². The van der Waals surface area contributed by atoms with Crippen molar-refractivity contribution in [1.82, 2.24) is 5.32 Å². The summed E-state index contributed by atoms with van der Waals surface area (Å²) in [7, 11) is 0. The van der Waals surface area contributed by atoms with Crippen molar-refractivity contribution in [3.8, 4) is 0 Å². The molecule has 0 heterocycles. The molecule has 1 aromatic carbocycles. The fourth-order valence-electron chi connectivity index (χ4n) is 2.92. The lowest BCUT2D eigenvalue weighted by atomic mass is 9.92. The van der Waals surface area contributed by atoms with Crippen LogP contribution in [0.5, 0.6) is 0 Å². The maximum Gasteiger partial charge on any atom is 0.326 e. The highest BCUT2D eigenvalue weighted by molar-refractivity contribution is 5.81. The van der Waals surface area contributed by atoms with Crippen molar-refractivity contribution >= 4 is 11.7 Å². The Morgan fingerprint density at radius 1 is 1.43 bits per heavy atom. The molecule has 2 rings (SSSR count). The minimum atomic E-state index is -0.993. The molecule has 0 saturated heterocycles. The highest BCUT2D eigenvalue weighted by Gasteiger charge is 2.51. The van der Waals surface area contributed by atoms with Gasteiger partial charge in [-0.15, -0.1) is 0 Å². The van der Waals surface area contributed by atoms with Gasteiger partial charge in [0.1, 0.15) is 11.4 Å². The minimum absolute atomic E-state index is 0.121. The van der Waals surface area contributed by atoms with Crippen molar-refractivity contribution in [2.75, 3.05) is 24.5 Å². The number of likely N-dealkylation sites (N-methyl/N-ethyl adjacent to an activating group) is 2. The molecule has 116 valence electrons. The largest absolute Gasteiger partial charge is 0.480 e. The molecule has 1 aromatic rings. The molecule has 2 N–H and O–H groups in total. The first-order valence-corrected chi connectivity index (χ1v) is 7.53. The molecule has 0 radical (unpaired) electrons. The minimum Gasteiger partial charge on any atom is -0.480 e. The predicted molar refractivity (Wildman–Crippen MR) is 81.1 cm³/mol. The van der Waals surface area contributed by atoms with Gasteiger partial charge in [-0.1, -0.05) is 19.1 Å². The lowest BCUT2D eigenvalue weighted by Gasteiger charge is -2.37. The Bertz CT molecular complexity index is 505. The van der Waals surface area contributed by atoms with Crippen molar-refractivity contribution in [2.24, 2.45) is 5.92 Å². The summed E-state index contributed by atoms with van der Waals surface area (Å²) in [6.45, 7) is 5.24. The SMILES string of the molecule is CCNC(CN(CC)c1ccccc1F)(C(=O)O)C1CC1. The number of carboxylic acids is 1. The number of hydrogen-bond donors (Lipinski definition) is 2. The number of hydrogen-bond acceptors (Lipinski definition) is 3. The average Bonchev–Trinajstić information content (AvgIpc) is 3.29. The maximum atomic E-state index is 14.0.